The maximum absolute atomic E-state index is 12.3. The Hall–Kier alpha value is -2.29. The van der Waals surface area contributed by atoms with Crippen LogP contribution in [0.4, 0.5) is 0 Å². The summed E-state index contributed by atoms with van der Waals surface area (Å²) >= 11 is 0. The summed E-state index contributed by atoms with van der Waals surface area (Å²) in [5.74, 6) is 1.02. The number of unbranched alkanes of at least 4 members (excludes halogenated alkanes) is 5. The van der Waals surface area contributed by atoms with Crippen LogP contribution < -0.4 is 9.47 Å². The number of hydrogen-bond donors (Lipinski definition) is 0. The molecule has 0 aromatic heterocycles. The molecule has 3 heteroatoms. The van der Waals surface area contributed by atoms with Crippen LogP contribution in [0.5, 0.6) is 11.5 Å². The largest absolute Gasteiger partial charge is 0.494 e. The molecule has 0 spiro atoms. The molecule has 0 aliphatic rings. The van der Waals surface area contributed by atoms with Gasteiger partial charge in [-0.2, -0.15) is 0 Å². The van der Waals surface area contributed by atoms with Crippen LogP contribution in [0.15, 0.2) is 48.5 Å². The lowest BCUT2D eigenvalue weighted by molar-refractivity contribution is 0.0734. The van der Waals surface area contributed by atoms with Crippen molar-refractivity contribution in [1.82, 2.24) is 0 Å². The molecule has 0 amide bonds. The van der Waals surface area contributed by atoms with Crippen LogP contribution in [-0.2, 0) is 6.42 Å². The van der Waals surface area contributed by atoms with Gasteiger partial charge in [-0.25, -0.2) is 4.79 Å². The molecule has 0 saturated heterocycles. The van der Waals surface area contributed by atoms with E-state index in [2.05, 4.69) is 13.8 Å². The zero-order valence-corrected chi connectivity index (χ0v) is 16.7. The molecular weight excluding hydrogens is 336 g/mol. The van der Waals surface area contributed by atoms with Crippen LogP contribution in [0, 0.1) is 0 Å². The minimum atomic E-state index is -0.347. The van der Waals surface area contributed by atoms with Crippen molar-refractivity contribution in [3.8, 4) is 11.5 Å². The number of carbonyl (C=O) groups is 1. The van der Waals surface area contributed by atoms with Crippen LogP contribution >= 0.6 is 0 Å². The molecule has 0 bridgehead atoms. The zero-order chi connectivity index (χ0) is 19.3. The fraction of sp³-hybridized carbons (Fsp3) is 0.458. The topological polar surface area (TPSA) is 35.5 Å². The number of benzene rings is 2. The fourth-order valence-electron chi connectivity index (χ4n) is 2.94. The number of carbonyl (C=O) groups excluding carboxylic acids is 1. The lowest BCUT2D eigenvalue weighted by Gasteiger charge is -2.08. The molecule has 0 atom stereocenters. The molecule has 0 aliphatic carbocycles. The minimum absolute atomic E-state index is 0.347. The predicted molar refractivity (Wildman–Crippen MR) is 111 cm³/mol. The van der Waals surface area contributed by atoms with Crippen molar-refractivity contribution in [1.29, 1.82) is 0 Å². The summed E-state index contributed by atoms with van der Waals surface area (Å²) in [6.45, 7) is 5.10. The van der Waals surface area contributed by atoms with E-state index >= 15 is 0 Å². The van der Waals surface area contributed by atoms with Crippen molar-refractivity contribution in [2.75, 3.05) is 6.61 Å². The number of aryl methyl sites for hydroxylation is 1. The Morgan fingerprint density at radius 1 is 0.741 bits per heavy atom. The third kappa shape index (κ3) is 7.86. The van der Waals surface area contributed by atoms with E-state index in [1.165, 1.54) is 37.7 Å². The van der Waals surface area contributed by atoms with Crippen LogP contribution in [0.1, 0.15) is 74.7 Å². The van der Waals surface area contributed by atoms with Gasteiger partial charge in [0.15, 0.2) is 0 Å². The zero-order valence-electron chi connectivity index (χ0n) is 16.7. The first-order valence-electron chi connectivity index (χ1n) is 10.3. The number of esters is 1. The highest BCUT2D eigenvalue weighted by Crippen LogP contribution is 2.17. The Morgan fingerprint density at radius 2 is 1.37 bits per heavy atom. The third-order valence-electron chi connectivity index (χ3n) is 4.53. The van der Waals surface area contributed by atoms with Crippen LogP contribution in [0.25, 0.3) is 0 Å². The first-order valence-corrected chi connectivity index (χ1v) is 10.3. The lowest BCUT2D eigenvalue weighted by Crippen LogP contribution is -2.08. The highest BCUT2D eigenvalue weighted by molar-refractivity contribution is 5.91. The van der Waals surface area contributed by atoms with Gasteiger partial charge in [0, 0.05) is 0 Å². The van der Waals surface area contributed by atoms with Crippen molar-refractivity contribution in [2.24, 2.45) is 0 Å². The highest BCUT2D eigenvalue weighted by atomic mass is 16.5. The van der Waals surface area contributed by atoms with Gasteiger partial charge in [-0.05, 0) is 54.8 Å². The van der Waals surface area contributed by atoms with E-state index in [0.717, 1.165) is 31.6 Å². The number of hydrogen-bond acceptors (Lipinski definition) is 3. The SMILES string of the molecule is CCCCCCCCOc1ccc(C(=O)Oc2ccc(CCC)cc2)cc1. The molecule has 0 fully saturated rings. The summed E-state index contributed by atoms with van der Waals surface area (Å²) in [6.07, 6.45) is 9.61. The normalized spacial score (nSPS) is 10.6. The Labute approximate surface area is 163 Å². The monoisotopic (exact) mass is 368 g/mol. The van der Waals surface area contributed by atoms with E-state index in [1.54, 1.807) is 12.1 Å². The molecule has 0 heterocycles. The Morgan fingerprint density at radius 3 is 2.04 bits per heavy atom. The van der Waals surface area contributed by atoms with Gasteiger partial charge in [0.2, 0.25) is 0 Å². The molecule has 146 valence electrons. The standard InChI is InChI=1S/C24H32O3/c1-3-5-6-7-8-9-19-26-22-17-13-21(14-18-22)24(25)27-23-15-11-20(10-4-2)12-16-23/h11-18H,3-10,19H2,1-2H3. The summed E-state index contributed by atoms with van der Waals surface area (Å²) in [6, 6.07) is 14.9. The van der Waals surface area contributed by atoms with Crippen LogP contribution in [0.2, 0.25) is 0 Å². The average Bonchev–Trinajstić information content (AvgIpc) is 2.69. The van der Waals surface area contributed by atoms with E-state index in [4.69, 9.17) is 9.47 Å². The van der Waals surface area contributed by atoms with Crippen molar-refractivity contribution in [3.05, 3.63) is 59.7 Å². The summed E-state index contributed by atoms with van der Waals surface area (Å²) in [4.78, 5) is 12.3. The first-order chi connectivity index (χ1) is 13.2. The van der Waals surface area contributed by atoms with Crippen LogP contribution in [-0.4, -0.2) is 12.6 Å². The van der Waals surface area contributed by atoms with Crippen molar-refractivity contribution >= 4 is 5.97 Å². The Bertz CT molecular complexity index is 659. The molecule has 0 aliphatic heterocycles. The van der Waals surface area contributed by atoms with Crippen molar-refractivity contribution in [2.45, 2.75) is 65.2 Å². The number of ether oxygens (including phenoxy) is 2. The summed E-state index contributed by atoms with van der Waals surface area (Å²) in [5.41, 5.74) is 1.78. The molecule has 0 radical (unpaired) electrons. The molecule has 27 heavy (non-hydrogen) atoms. The molecule has 0 N–H and O–H groups in total. The van der Waals surface area contributed by atoms with Gasteiger partial charge in [0.25, 0.3) is 0 Å². The maximum atomic E-state index is 12.3. The minimum Gasteiger partial charge on any atom is -0.494 e. The Kier molecular flexibility index (Phi) is 9.47. The smallest absolute Gasteiger partial charge is 0.343 e. The second-order valence-corrected chi connectivity index (χ2v) is 6.92. The van der Waals surface area contributed by atoms with E-state index < -0.39 is 0 Å². The van der Waals surface area contributed by atoms with Gasteiger partial charge in [0.05, 0.1) is 12.2 Å². The molecule has 2 aromatic carbocycles. The third-order valence-corrected chi connectivity index (χ3v) is 4.53. The molecule has 0 saturated carbocycles. The molecular formula is C24H32O3. The summed E-state index contributed by atoms with van der Waals surface area (Å²) < 4.78 is 11.2. The van der Waals surface area contributed by atoms with Gasteiger partial charge in [0.1, 0.15) is 11.5 Å². The molecule has 2 rings (SSSR count). The number of rotatable bonds is 12. The Balaban J connectivity index is 1.74. The van der Waals surface area contributed by atoms with E-state index in [-0.39, 0.29) is 5.97 Å². The van der Waals surface area contributed by atoms with Crippen molar-refractivity contribution < 1.29 is 14.3 Å². The first kappa shape index (κ1) is 21.0. The van der Waals surface area contributed by atoms with Crippen molar-refractivity contribution in [3.63, 3.8) is 0 Å². The molecule has 3 nitrogen and oxygen atoms in total. The highest BCUT2D eigenvalue weighted by Gasteiger charge is 2.09. The van der Waals surface area contributed by atoms with Gasteiger partial charge < -0.3 is 9.47 Å². The predicted octanol–water partition coefficient (Wildman–Crippen LogP) is 6.60. The van der Waals surface area contributed by atoms with Gasteiger partial charge >= 0.3 is 5.97 Å². The molecule has 2 aromatic rings. The average molecular weight is 369 g/mol. The quantitative estimate of drug-likeness (QED) is 0.240. The van der Waals surface area contributed by atoms with E-state index in [9.17, 15) is 4.79 Å². The summed E-state index contributed by atoms with van der Waals surface area (Å²) in [7, 11) is 0. The second-order valence-electron chi connectivity index (χ2n) is 6.92. The van der Waals surface area contributed by atoms with E-state index in [1.807, 2.05) is 36.4 Å². The maximum Gasteiger partial charge on any atom is 0.343 e. The fourth-order valence-corrected chi connectivity index (χ4v) is 2.94. The van der Waals surface area contributed by atoms with Gasteiger partial charge in [-0.1, -0.05) is 64.5 Å². The molecule has 0 unspecified atom stereocenters. The van der Waals surface area contributed by atoms with Gasteiger partial charge in [-0.3, -0.25) is 0 Å². The summed E-state index contributed by atoms with van der Waals surface area (Å²) in [5, 5.41) is 0. The second kappa shape index (κ2) is 12.2. The lowest BCUT2D eigenvalue weighted by atomic mass is 10.1. The van der Waals surface area contributed by atoms with Crippen LogP contribution in [0.3, 0.4) is 0 Å². The van der Waals surface area contributed by atoms with E-state index in [0.29, 0.717) is 11.3 Å². The van der Waals surface area contributed by atoms with Gasteiger partial charge in [-0.15, -0.1) is 0 Å².